The van der Waals surface area contributed by atoms with E-state index in [1.807, 2.05) is 0 Å². The van der Waals surface area contributed by atoms with Gasteiger partial charge in [-0.25, -0.2) is 0 Å². The molecule has 1 aliphatic rings. The third-order valence-corrected chi connectivity index (χ3v) is 0.293. The highest BCUT2D eigenvalue weighted by molar-refractivity contribution is 6.52. The van der Waals surface area contributed by atoms with Crippen LogP contribution in [0.2, 0.25) is 0 Å². The van der Waals surface area contributed by atoms with E-state index in [1.54, 1.807) is 0 Å². The van der Waals surface area contributed by atoms with Crippen molar-refractivity contribution in [3.05, 3.63) is 0 Å². The maximum Gasteiger partial charge on any atom is 0.523 e. The molecule has 1 saturated heterocycles. The topological polar surface area (TPSA) is 12.5 Å². The summed E-state index contributed by atoms with van der Waals surface area (Å²) < 4.78 is 14.9. The third-order valence-electron chi connectivity index (χ3n) is 0.293. The zero-order valence-electron chi connectivity index (χ0n) is 2.07. The fourth-order valence-corrected chi connectivity index (χ4v) is 0.0364. The van der Waals surface area contributed by atoms with E-state index in [0.29, 0.717) is 6.51 Å². The summed E-state index contributed by atoms with van der Waals surface area (Å²) in [6.45, 7) is 0.319. The Kier molecular flexibility index (Phi) is 0.254. The van der Waals surface area contributed by atoms with Crippen LogP contribution in [0.5, 0.6) is 0 Å². The minimum atomic E-state index is -0.917. The van der Waals surface area contributed by atoms with Crippen molar-refractivity contribution in [3.8, 4) is 0 Å². The van der Waals surface area contributed by atoms with Gasteiger partial charge < -0.3 is 4.65 Å². The second-order valence-corrected chi connectivity index (χ2v) is 0.743. The van der Waals surface area contributed by atoms with E-state index in [-0.39, 0.29) is 0 Å². The van der Waals surface area contributed by atoms with Gasteiger partial charge in [0.2, 0.25) is 0 Å². The van der Waals surface area contributed by atoms with Gasteiger partial charge in [0, 0.05) is 0 Å². The van der Waals surface area contributed by atoms with Crippen molar-refractivity contribution in [2.45, 2.75) is 0 Å². The zero-order valence-corrected chi connectivity index (χ0v) is 2.07. The monoisotopic (exact) mass is 60.0 g/mol. The molecular weight excluding hydrogens is 57.8 g/mol. The fourth-order valence-electron chi connectivity index (χ4n) is 0.0364. The van der Waals surface area contributed by atoms with Crippen LogP contribution in [0.25, 0.3) is 0 Å². The molecule has 0 amide bonds. The van der Waals surface area contributed by atoms with E-state index >= 15 is 0 Å². The van der Waals surface area contributed by atoms with Crippen LogP contribution in [0.1, 0.15) is 0 Å². The van der Waals surface area contributed by atoms with E-state index in [9.17, 15) is 4.32 Å². The molecule has 4 heavy (non-hydrogen) atoms. The van der Waals surface area contributed by atoms with Crippen LogP contribution < -0.4 is 0 Å². The van der Waals surface area contributed by atoms with Crippen LogP contribution in [0.4, 0.5) is 4.32 Å². The SMILES string of the molecule is FB1CO1. The maximum absolute atomic E-state index is 10.9. The Bertz CT molecular complexity index is 27.2. The minimum Gasteiger partial charge on any atom is -0.408 e. The van der Waals surface area contributed by atoms with Crippen molar-refractivity contribution >= 4 is 7.19 Å². The molecule has 0 N–H and O–H groups in total. The Morgan fingerprint density at radius 2 is 2.25 bits per heavy atom. The molecule has 3 heteroatoms. The molecule has 1 nitrogen and oxygen atoms in total. The average molecular weight is 59.8 g/mol. The lowest BCUT2D eigenvalue weighted by Gasteiger charge is -1.39. The van der Waals surface area contributed by atoms with Crippen molar-refractivity contribution in [2.75, 3.05) is 6.51 Å². The molecule has 0 bridgehead atoms. The first-order valence-corrected chi connectivity index (χ1v) is 1.15. The molecule has 1 fully saturated rings. The predicted molar refractivity (Wildman–Crippen MR) is 12.8 cm³/mol. The Labute approximate surface area is 23.9 Å². The lowest BCUT2D eigenvalue weighted by molar-refractivity contribution is 0.535. The van der Waals surface area contributed by atoms with Crippen LogP contribution in [-0.2, 0) is 4.65 Å². The number of hydrogen-bond acceptors (Lipinski definition) is 1. The van der Waals surface area contributed by atoms with Gasteiger partial charge in [0.05, 0.1) is 6.51 Å². The fraction of sp³-hybridized carbons (Fsp3) is 1.00. The Balaban J connectivity index is 2.17. The van der Waals surface area contributed by atoms with E-state index in [4.69, 9.17) is 0 Å². The summed E-state index contributed by atoms with van der Waals surface area (Å²) in [4.78, 5) is 0. The van der Waals surface area contributed by atoms with Crippen molar-refractivity contribution in [3.63, 3.8) is 0 Å². The van der Waals surface area contributed by atoms with Crippen LogP contribution in [0.3, 0.4) is 0 Å². The summed E-state index contributed by atoms with van der Waals surface area (Å²) in [5, 5.41) is 0. The van der Waals surface area contributed by atoms with Crippen molar-refractivity contribution in [1.82, 2.24) is 0 Å². The molecule has 1 aliphatic heterocycles. The average Bonchev–Trinajstić information content (AvgIpc) is 1.75. The van der Waals surface area contributed by atoms with Gasteiger partial charge in [-0.15, -0.1) is 0 Å². The molecule has 0 radical (unpaired) electrons. The van der Waals surface area contributed by atoms with Gasteiger partial charge in [-0.2, -0.15) is 0 Å². The van der Waals surface area contributed by atoms with Crippen LogP contribution in [-0.4, -0.2) is 13.7 Å². The molecule has 0 spiro atoms. The summed E-state index contributed by atoms with van der Waals surface area (Å²) in [5.41, 5.74) is 0. The molecular formula is CH2BFO. The van der Waals surface area contributed by atoms with Gasteiger partial charge in [0.25, 0.3) is 0 Å². The first kappa shape index (κ1) is 2.21. The molecule has 22 valence electrons. The summed E-state index contributed by atoms with van der Waals surface area (Å²) in [6, 6.07) is 0. The van der Waals surface area contributed by atoms with Crippen LogP contribution in [0, 0.1) is 0 Å². The molecule has 0 unspecified atom stereocenters. The molecule has 0 aromatic heterocycles. The van der Waals surface area contributed by atoms with E-state index in [0.717, 1.165) is 0 Å². The second-order valence-electron chi connectivity index (χ2n) is 0.743. The number of hydrogen-bond donors (Lipinski definition) is 0. The van der Waals surface area contributed by atoms with E-state index < -0.39 is 7.19 Å². The lowest BCUT2D eigenvalue weighted by atomic mass is 10.1. The quantitative estimate of drug-likeness (QED) is 0.283. The Morgan fingerprint density at radius 1 is 2.00 bits per heavy atom. The molecule has 0 atom stereocenters. The molecule has 0 aliphatic carbocycles. The normalized spacial score (nSPS) is 21.8. The highest BCUT2D eigenvalue weighted by Crippen LogP contribution is 2.01. The van der Waals surface area contributed by atoms with Crippen molar-refractivity contribution in [1.29, 1.82) is 0 Å². The smallest absolute Gasteiger partial charge is 0.408 e. The molecule has 0 saturated carbocycles. The molecule has 1 heterocycles. The molecule has 0 aromatic rings. The highest BCUT2D eigenvalue weighted by Gasteiger charge is 2.29. The zero-order chi connectivity index (χ0) is 2.99. The minimum absolute atomic E-state index is 0.319. The molecule has 0 aromatic carbocycles. The summed E-state index contributed by atoms with van der Waals surface area (Å²) >= 11 is 0. The van der Waals surface area contributed by atoms with Crippen molar-refractivity contribution in [2.24, 2.45) is 0 Å². The maximum atomic E-state index is 10.9. The third kappa shape index (κ3) is 0.204. The van der Waals surface area contributed by atoms with E-state index in [1.165, 1.54) is 0 Å². The van der Waals surface area contributed by atoms with Crippen molar-refractivity contribution < 1.29 is 8.97 Å². The summed E-state index contributed by atoms with van der Waals surface area (Å²) in [5.74, 6) is 0. The van der Waals surface area contributed by atoms with Gasteiger partial charge in [0.1, 0.15) is 0 Å². The Morgan fingerprint density at radius 3 is 2.25 bits per heavy atom. The highest BCUT2D eigenvalue weighted by atomic mass is 19.1. The first-order chi connectivity index (χ1) is 1.89. The predicted octanol–water partition coefficient (Wildman–Crippen LogP) is 0.0135. The van der Waals surface area contributed by atoms with Gasteiger partial charge >= 0.3 is 7.19 Å². The Hall–Kier alpha value is -0.0451. The first-order valence-electron chi connectivity index (χ1n) is 1.15. The van der Waals surface area contributed by atoms with Gasteiger partial charge in [-0.1, -0.05) is 0 Å². The number of halogens is 1. The molecule has 1 rings (SSSR count). The lowest BCUT2D eigenvalue weighted by Crippen LogP contribution is -1.66. The van der Waals surface area contributed by atoms with Gasteiger partial charge in [-0.05, 0) is 0 Å². The standard InChI is InChI=1S/CH2BFO/c3-2-1-4-2/h1H2. The van der Waals surface area contributed by atoms with Crippen LogP contribution >= 0.6 is 0 Å². The van der Waals surface area contributed by atoms with Gasteiger partial charge in [0.15, 0.2) is 0 Å². The largest absolute Gasteiger partial charge is 0.523 e. The summed E-state index contributed by atoms with van der Waals surface area (Å²) in [7, 11) is -0.917. The second kappa shape index (κ2) is 0.460. The van der Waals surface area contributed by atoms with E-state index in [2.05, 4.69) is 4.65 Å². The summed E-state index contributed by atoms with van der Waals surface area (Å²) in [6.07, 6.45) is 0. The number of rotatable bonds is 0. The van der Waals surface area contributed by atoms with Crippen LogP contribution in [0.15, 0.2) is 0 Å². The van der Waals surface area contributed by atoms with Gasteiger partial charge in [-0.3, -0.25) is 4.32 Å².